The Labute approximate surface area is 282 Å². The quantitative estimate of drug-likeness (QED) is 0.128. The summed E-state index contributed by atoms with van der Waals surface area (Å²) in [7, 11) is -3.52. The van der Waals surface area contributed by atoms with Crippen molar-refractivity contribution in [3.63, 3.8) is 0 Å². The molecular formula is C44H56Si2. The molecule has 0 amide bonds. The maximum Gasteiger partial charge on any atom is 0.146 e. The van der Waals surface area contributed by atoms with Crippen molar-refractivity contribution in [3.05, 3.63) is 94.0 Å². The predicted octanol–water partition coefficient (Wildman–Crippen LogP) is 12.6. The Morgan fingerprint density at radius 1 is 0.391 bits per heavy atom. The van der Waals surface area contributed by atoms with Gasteiger partial charge in [0.25, 0.3) is 0 Å². The molecule has 46 heavy (non-hydrogen) atoms. The van der Waals surface area contributed by atoms with Gasteiger partial charge >= 0.3 is 0 Å². The van der Waals surface area contributed by atoms with E-state index in [0.717, 1.165) is 24.0 Å². The summed E-state index contributed by atoms with van der Waals surface area (Å²) >= 11 is 0. The van der Waals surface area contributed by atoms with Gasteiger partial charge in [-0.15, -0.1) is 11.1 Å². The molecule has 0 N–H and O–H groups in total. The Morgan fingerprint density at radius 3 is 0.957 bits per heavy atom. The van der Waals surface area contributed by atoms with Crippen LogP contribution in [0.1, 0.15) is 116 Å². The van der Waals surface area contributed by atoms with Gasteiger partial charge in [-0.1, -0.05) is 131 Å². The first-order valence-electron chi connectivity index (χ1n) is 17.9. The molecule has 4 aromatic rings. The van der Waals surface area contributed by atoms with E-state index in [9.17, 15) is 0 Å². The van der Waals surface area contributed by atoms with Crippen molar-refractivity contribution in [2.24, 2.45) is 0 Å². The van der Waals surface area contributed by atoms with E-state index >= 15 is 0 Å². The van der Waals surface area contributed by atoms with Gasteiger partial charge in [-0.2, -0.15) is 0 Å². The van der Waals surface area contributed by atoms with Crippen LogP contribution >= 0.6 is 0 Å². The fraction of sp³-hybridized carbons (Fsp3) is 0.455. The molecule has 1 aliphatic rings. The van der Waals surface area contributed by atoms with Crippen LogP contribution in [0.2, 0.25) is 33.2 Å². The zero-order chi connectivity index (χ0) is 33.6. The highest BCUT2D eigenvalue weighted by atomic mass is 28.3. The van der Waals surface area contributed by atoms with Crippen LogP contribution in [0.25, 0.3) is 21.5 Å². The number of benzene rings is 4. The first-order chi connectivity index (χ1) is 21.7. The van der Waals surface area contributed by atoms with Crippen molar-refractivity contribution in [3.8, 4) is 22.9 Å². The standard InChI is InChI=1S/C44H56Si2/c1-29(2)45(30(3)4,31(5)6)19-17-35-13-15-37-23-41-28-44-26-40-22-36(18-20-46(32(7)8,33(9)10)34(11)12)14-16-38(40)24-42(44)27-43(41)25-39(37)21-35/h13-16,21-26,29-34H,27-28H2,1-12H3. The first kappa shape index (κ1) is 34.3. The average molecular weight is 641 g/mol. The molecule has 0 bridgehead atoms. The molecular weight excluding hydrogens is 585 g/mol. The molecule has 0 aliphatic heterocycles. The van der Waals surface area contributed by atoms with Crippen LogP contribution in [0.3, 0.4) is 0 Å². The van der Waals surface area contributed by atoms with E-state index < -0.39 is 16.1 Å². The van der Waals surface area contributed by atoms with Crippen molar-refractivity contribution in [2.75, 3.05) is 0 Å². The zero-order valence-corrected chi connectivity index (χ0v) is 32.7. The van der Waals surface area contributed by atoms with Crippen molar-refractivity contribution >= 4 is 37.7 Å². The summed E-state index contributed by atoms with van der Waals surface area (Å²) in [4.78, 5) is 0. The summed E-state index contributed by atoms with van der Waals surface area (Å²) in [5, 5.41) is 5.26. The SMILES string of the molecule is CC(C)[Si](C#Cc1ccc2cc3c(cc2c1)Cc1cc2ccc(C#C[Si](C(C)C)(C(C)C)C(C)C)cc2cc1C3)(C(C)C)C(C)C. The maximum atomic E-state index is 3.92. The first-order valence-corrected chi connectivity index (χ1v) is 22.3. The van der Waals surface area contributed by atoms with Gasteiger partial charge in [-0.3, -0.25) is 0 Å². The molecule has 2 heteroatoms. The van der Waals surface area contributed by atoms with Gasteiger partial charge in [0.15, 0.2) is 0 Å². The lowest BCUT2D eigenvalue weighted by molar-refractivity contribution is 0.838. The van der Waals surface area contributed by atoms with Crippen LogP contribution in [0.5, 0.6) is 0 Å². The molecule has 0 atom stereocenters. The third-order valence-electron chi connectivity index (χ3n) is 11.7. The normalized spacial score (nSPS) is 13.4. The number of hydrogen-bond donors (Lipinski definition) is 0. The van der Waals surface area contributed by atoms with Gasteiger partial charge in [0.05, 0.1) is 0 Å². The fourth-order valence-corrected chi connectivity index (χ4v) is 19.7. The van der Waals surface area contributed by atoms with Crippen LogP contribution in [0.15, 0.2) is 60.7 Å². The topological polar surface area (TPSA) is 0 Å². The Bertz CT molecular complexity index is 1700. The highest BCUT2D eigenvalue weighted by molar-refractivity contribution is 6.91. The molecule has 0 fully saturated rings. The van der Waals surface area contributed by atoms with Crippen LogP contribution in [0.4, 0.5) is 0 Å². The summed E-state index contributed by atoms with van der Waals surface area (Å²) in [6.45, 7) is 28.7. The monoisotopic (exact) mass is 640 g/mol. The number of fused-ring (bicyclic) bond motifs is 4. The number of hydrogen-bond acceptors (Lipinski definition) is 0. The van der Waals surface area contributed by atoms with Crippen LogP contribution in [-0.2, 0) is 12.8 Å². The van der Waals surface area contributed by atoms with Gasteiger partial charge in [-0.25, -0.2) is 0 Å². The number of rotatable bonds is 6. The van der Waals surface area contributed by atoms with Crippen molar-refractivity contribution in [1.82, 2.24) is 0 Å². The second-order valence-electron chi connectivity index (χ2n) is 16.0. The van der Waals surface area contributed by atoms with Crippen molar-refractivity contribution in [1.29, 1.82) is 0 Å². The van der Waals surface area contributed by atoms with E-state index in [2.05, 4.69) is 167 Å². The molecule has 0 radical (unpaired) electrons. The van der Waals surface area contributed by atoms with Gasteiger partial charge < -0.3 is 0 Å². The summed E-state index contributed by atoms with van der Waals surface area (Å²) < 4.78 is 0. The second kappa shape index (κ2) is 13.2. The summed E-state index contributed by atoms with van der Waals surface area (Å²) in [5.74, 6) is 7.36. The molecule has 0 aromatic heterocycles. The maximum absolute atomic E-state index is 3.92. The van der Waals surface area contributed by atoms with Gasteiger partial charge in [0.2, 0.25) is 0 Å². The Kier molecular flexibility index (Phi) is 9.86. The van der Waals surface area contributed by atoms with E-state index in [1.165, 1.54) is 43.8 Å². The van der Waals surface area contributed by atoms with Crippen LogP contribution < -0.4 is 0 Å². The summed E-state index contributed by atoms with van der Waals surface area (Å²) in [6.07, 6.45) is 1.98. The van der Waals surface area contributed by atoms with Gasteiger partial charge in [-0.05, 0) is 114 Å². The fourth-order valence-electron chi connectivity index (χ4n) is 9.24. The van der Waals surface area contributed by atoms with Crippen LogP contribution in [0, 0.1) is 22.9 Å². The third-order valence-corrected chi connectivity index (χ3v) is 24.2. The lowest BCUT2D eigenvalue weighted by Crippen LogP contribution is -2.43. The molecule has 0 saturated carbocycles. The largest absolute Gasteiger partial charge is 0.146 e. The van der Waals surface area contributed by atoms with Gasteiger partial charge in [0.1, 0.15) is 16.1 Å². The summed E-state index contributed by atoms with van der Waals surface area (Å²) in [6, 6.07) is 23.5. The molecule has 0 nitrogen and oxygen atoms in total. The smallest absolute Gasteiger partial charge is 0.125 e. The zero-order valence-electron chi connectivity index (χ0n) is 30.7. The molecule has 0 unspecified atom stereocenters. The van der Waals surface area contributed by atoms with E-state index in [-0.39, 0.29) is 0 Å². The predicted molar refractivity (Wildman–Crippen MR) is 209 cm³/mol. The Balaban J connectivity index is 1.47. The average Bonchev–Trinajstić information content (AvgIpc) is 2.97. The molecule has 0 heterocycles. The third kappa shape index (κ3) is 6.17. The summed E-state index contributed by atoms with van der Waals surface area (Å²) in [5.41, 5.74) is 19.8. The molecule has 5 rings (SSSR count). The van der Waals surface area contributed by atoms with E-state index in [1.807, 2.05) is 0 Å². The van der Waals surface area contributed by atoms with E-state index in [1.54, 1.807) is 0 Å². The van der Waals surface area contributed by atoms with Crippen molar-refractivity contribution in [2.45, 2.75) is 129 Å². The molecule has 0 saturated heterocycles. The van der Waals surface area contributed by atoms with Crippen molar-refractivity contribution < 1.29 is 0 Å². The lowest BCUT2D eigenvalue weighted by Gasteiger charge is -2.38. The Morgan fingerprint density at radius 2 is 0.674 bits per heavy atom. The highest BCUT2D eigenvalue weighted by Gasteiger charge is 2.42. The Hall–Kier alpha value is -3.05. The molecule has 240 valence electrons. The molecule has 1 aliphatic carbocycles. The van der Waals surface area contributed by atoms with E-state index in [0.29, 0.717) is 33.2 Å². The van der Waals surface area contributed by atoms with E-state index in [4.69, 9.17) is 0 Å². The minimum absolute atomic E-state index is 0.642. The highest BCUT2D eigenvalue weighted by Crippen LogP contribution is 2.42. The second-order valence-corrected chi connectivity index (χ2v) is 27.2. The minimum Gasteiger partial charge on any atom is -0.125 e. The molecule has 0 spiro atoms. The minimum atomic E-state index is -1.76. The molecule has 4 aromatic carbocycles. The van der Waals surface area contributed by atoms with Gasteiger partial charge in [0, 0.05) is 11.1 Å². The van der Waals surface area contributed by atoms with Crippen LogP contribution in [-0.4, -0.2) is 16.1 Å². The lowest BCUT2D eigenvalue weighted by atomic mass is 9.83.